The molecule has 2 unspecified atom stereocenters. The van der Waals surface area contributed by atoms with Gasteiger partial charge < -0.3 is 15.0 Å². The van der Waals surface area contributed by atoms with Crippen molar-refractivity contribution in [2.24, 2.45) is 0 Å². The van der Waals surface area contributed by atoms with Crippen molar-refractivity contribution in [1.29, 1.82) is 0 Å². The number of rotatable bonds is 5. The topological polar surface area (TPSA) is 24.5 Å². The third-order valence-corrected chi connectivity index (χ3v) is 5.35. The van der Waals surface area contributed by atoms with Gasteiger partial charge in [-0.1, -0.05) is 18.6 Å². The van der Waals surface area contributed by atoms with Crippen LogP contribution in [0.4, 0.5) is 0 Å². The summed E-state index contributed by atoms with van der Waals surface area (Å²) in [6.45, 7) is 1.08. The molecule has 0 aromatic heterocycles. The quantitative estimate of drug-likeness (QED) is 0.901. The van der Waals surface area contributed by atoms with Crippen molar-refractivity contribution in [3.05, 3.63) is 29.8 Å². The monoisotopic (exact) mass is 288 g/mol. The first-order valence-corrected chi connectivity index (χ1v) is 8.34. The SMILES string of the molecule is COc1ccc(CCNC2CC3CCCC(C2)N3C)cc1. The van der Waals surface area contributed by atoms with Crippen LogP contribution in [0, 0.1) is 0 Å². The standard InChI is InChI=1S/C18H28N2O/c1-20-16-4-3-5-17(20)13-15(12-16)19-11-10-14-6-8-18(21-2)9-7-14/h6-9,15-17,19H,3-5,10-13H2,1-2H3. The fourth-order valence-electron chi connectivity index (χ4n) is 4.00. The summed E-state index contributed by atoms with van der Waals surface area (Å²) < 4.78 is 5.20. The zero-order valence-corrected chi connectivity index (χ0v) is 13.3. The van der Waals surface area contributed by atoms with Gasteiger partial charge in [-0.25, -0.2) is 0 Å². The lowest BCUT2D eigenvalue weighted by Gasteiger charge is -2.47. The van der Waals surface area contributed by atoms with Gasteiger partial charge >= 0.3 is 0 Å². The van der Waals surface area contributed by atoms with Gasteiger partial charge in [0.25, 0.3) is 0 Å². The molecule has 1 aromatic carbocycles. The molecule has 2 aliphatic rings. The van der Waals surface area contributed by atoms with Gasteiger partial charge in [0.1, 0.15) is 5.75 Å². The normalized spacial score (nSPS) is 29.3. The fourth-order valence-corrected chi connectivity index (χ4v) is 4.00. The van der Waals surface area contributed by atoms with Gasteiger partial charge in [0.15, 0.2) is 0 Å². The van der Waals surface area contributed by atoms with Crippen LogP contribution in [0.15, 0.2) is 24.3 Å². The Balaban J connectivity index is 1.45. The average molecular weight is 288 g/mol. The van der Waals surface area contributed by atoms with Gasteiger partial charge in [0.2, 0.25) is 0 Å². The Hall–Kier alpha value is -1.06. The van der Waals surface area contributed by atoms with Crippen LogP contribution in [-0.4, -0.2) is 43.7 Å². The molecule has 2 heterocycles. The van der Waals surface area contributed by atoms with Gasteiger partial charge in [0.05, 0.1) is 7.11 Å². The van der Waals surface area contributed by atoms with Crippen molar-refractivity contribution in [3.63, 3.8) is 0 Å². The molecule has 0 radical (unpaired) electrons. The maximum atomic E-state index is 5.20. The van der Waals surface area contributed by atoms with Gasteiger partial charge in [-0.2, -0.15) is 0 Å². The fraction of sp³-hybridized carbons (Fsp3) is 0.667. The molecule has 3 nitrogen and oxygen atoms in total. The number of piperidine rings is 2. The molecular formula is C18H28N2O. The van der Waals surface area contributed by atoms with Gasteiger partial charge in [-0.3, -0.25) is 0 Å². The second-order valence-electron chi connectivity index (χ2n) is 6.62. The Morgan fingerprint density at radius 3 is 2.43 bits per heavy atom. The maximum Gasteiger partial charge on any atom is 0.118 e. The van der Waals surface area contributed by atoms with Crippen molar-refractivity contribution in [2.45, 2.75) is 56.7 Å². The van der Waals surface area contributed by atoms with E-state index in [0.29, 0.717) is 0 Å². The first kappa shape index (κ1) is 14.9. The summed E-state index contributed by atoms with van der Waals surface area (Å²) in [5.41, 5.74) is 1.39. The van der Waals surface area contributed by atoms with E-state index < -0.39 is 0 Å². The van der Waals surface area contributed by atoms with E-state index in [-0.39, 0.29) is 0 Å². The molecule has 1 aromatic rings. The van der Waals surface area contributed by atoms with E-state index in [2.05, 4.69) is 41.5 Å². The highest BCUT2D eigenvalue weighted by atomic mass is 16.5. The third kappa shape index (κ3) is 3.58. The van der Waals surface area contributed by atoms with Crippen LogP contribution in [0.25, 0.3) is 0 Å². The molecule has 2 atom stereocenters. The number of nitrogens with one attached hydrogen (secondary N) is 1. The second kappa shape index (κ2) is 6.80. The number of nitrogens with zero attached hydrogens (tertiary/aromatic N) is 1. The van der Waals surface area contributed by atoms with Crippen LogP contribution in [0.5, 0.6) is 5.75 Å². The number of methoxy groups -OCH3 is 1. The lowest BCUT2D eigenvalue weighted by atomic mass is 9.82. The minimum absolute atomic E-state index is 0.717. The molecule has 2 bridgehead atoms. The van der Waals surface area contributed by atoms with Gasteiger partial charge in [-0.15, -0.1) is 0 Å². The number of hydrogen-bond donors (Lipinski definition) is 1. The summed E-state index contributed by atoms with van der Waals surface area (Å²) >= 11 is 0. The molecule has 116 valence electrons. The van der Waals surface area contributed by atoms with E-state index in [4.69, 9.17) is 4.74 Å². The van der Waals surface area contributed by atoms with E-state index >= 15 is 0 Å². The number of fused-ring (bicyclic) bond motifs is 2. The minimum atomic E-state index is 0.717. The van der Waals surface area contributed by atoms with Gasteiger partial charge in [0, 0.05) is 18.1 Å². The second-order valence-corrected chi connectivity index (χ2v) is 6.62. The maximum absolute atomic E-state index is 5.20. The molecule has 3 heteroatoms. The number of benzene rings is 1. The van der Waals surface area contributed by atoms with Crippen molar-refractivity contribution in [2.75, 3.05) is 20.7 Å². The molecule has 2 aliphatic heterocycles. The van der Waals surface area contributed by atoms with Crippen LogP contribution in [0.3, 0.4) is 0 Å². The Bertz CT molecular complexity index is 431. The molecule has 0 aliphatic carbocycles. The molecule has 3 rings (SSSR count). The summed E-state index contributed by atoms with van der Waals surface area (Å²) in [6, 6.07) is 10.8. The Kier molecular flexibility index (Phi) is 4.81. The molecule has 21 heavy (non-hydrogen) atoms. The Morgan fingerprint density at radius 1 is 1.14 bits per heavy atom. The summed E-state index contributed by atoms with van der Waals surface area (Å²) in [5, 5.41) is 3.79. The highest BCUT2D eigenvalue weighted by Crippen LogP contribution is 2.32. The minimum Gasteiger partial charge on any atom is -0.497 e. The van der Waals surface area contributed by atoms with Crippen LogP contribution >= 0.6 is 0 Å². The van der Waals surface area contributed by atoms with E-state index in [0.717, 1.165) is 36.8 Å². The predicted octanol–water partition coefficient (Wildman–Crippen LogP) is 2.84. The Labute approximate surface area is 128 Å². The first-order valence-electron chi connectivity index (χ1n) is 8.34. The molecule has 2 fully saturated rings. The molecule has 2 saturated heterocycles. The smallest absolute Gasteiger partial charge is 0.118 e. The van der Waals surface area contributed by atoms with Crippen molar-refractivity contribution in [3.8, 4) is 5.75 Å². The van der Waals surface area contributed by atoms with Crippen LogP contribution < -0.4 is 10.1 Å². The molecule has 0 spiro atoms. The van der Waals surface area contributed by atoms with Crippen LogP contribution in [0.2, 0.25) is 0 Å². The van der Waals surface area contributed by atoms with Crippen LogP contribution in [-0.2, 0) is 6.42 Å². The average Bonchev–Trinajstić information content (AvgIpc) is 2.49. The molecule has 1 N–H and O–H groups in total. The van der Waals surface area contributed by atoms with E-state index in [9.17, 15) is 0 Å². The van der Waals surface area contributed by atoms with E-state index in [1.54, 1.807) is 7.11 Å². The Morgan fingerprint density at radius 2 is 1.81 bits per heavy atom. The lowest BCUT2D eigenvalue weighted by Crippen LogP contribution is -2.54. The predicted molar refractivity (Wildman–Crippen MR) is 86.9 cm³/mol. The highest BCUT2D eigenvalue weighted by Gasteiger charge is 2.35. The zero-order valence-electron chi connectivity index (χ0n) is 13.3. The van der Waals surface area contributed by atoms with Crippen LogP contribution in [0.1, 0.15) is 37.7 Å². The zero-order chi connectivity index (χ0) is 14.7. The first-order chi connectivity index (χ1) is 10.3. The summed E-state index contributed by atoms with van der Waals surface area (Å²) in [7, 11) is 4.04. The van der Waals surface area contributed by atoms with Crippen molar-refractivity contribution >= 4 is 0 Å². The summed E-state index contributed by atoms with van der Waals surface area (Å²) in [4.78, 5) is 2.63. The van der Waals surface area contributed by atoms with Gasteiger partial charge in [-0.05, 0) is 63.4 Å². The molecule has 0 amide bonds. The molecule has 0 saturated carbocycles. The van der Waals surface area contributed by atoms with E-state index in [1.165, 1.54) is 37.7 Å². The summed E-state index contributed by atoms with van der Waals surface area (Å²) in [6.07, 6.45) is 7.97. The summed E-state index contributed by atoms with van der Waals surface area (Å²) in [5.74, 6) is 0.940. The third-order valence-electron chi connectivity index (χ3n) is 5.35. The largest absolute Gasteiger partial charge is 0.497 e. The lowest BCUT2D eigenvalue weighted by molar-refractivity contribution is 0.0488. The molecular weight excluding hydrogens is 260 g/mol. The van der Waals surface area contributed by atoms with E-state index in [1.807, 2.05) is 0 Å². The highest BCUT2D eigenvalue weighted by molar-refractivity contribution is 5.27. The van der Waals surface area contributed by atoms with Crippen molar-refractivity contribution in [1.82, 2.24) is 10.2 Å². The number of ether oxygens (including phenoxy) is 1. The number of hydrogen-bond acceptors (Lipinski definition) is 3. The van der Waals surface area contributed by atoms with Crippen molar-refractivity contribution < 1.29 is 4.74 Å².